The number of methoxy groups -OCH3 is 2. The summed E-state index contributed by atoms with van der Waals surface area (Å²) in [6.45, 7) is -0.389. The quantitative estimate of drug-likeness (QED) is 0.470. The number of ether oxygens (including phenoxy) is 4. The van der Waals surface area contributed by atoms with E-state index in [0.29, 0.717) is 6.07 Å². The summed E-state index contributed by atoms with van der Waals surface area (Å²) in [6, 6.07) is 0.570. The molecule has 2 N–H and O–H groups in total. The summed E-state index contributed by atoms with van der Waals surface area (Å²) >= 11 is 0. The maximum atomic E-state index is 12.8. The number of nitrogens with zero attached hydrogens (tertiary/aromatic N) is 3. The predicted octanol–water partition coefficient (Wildman–Crippen LogP) is 1.52. The first-order chi connectivity index (χ1) is 15.9. The molecule has 17 heteroatoms. The van der Waals surface area contributed by atoms with Crippen LogP contribution in [0.1, 0.15) is 17.3 Å². The number of hydrogen-bond donors (Lipinski definition) is 2. The molecular formula is C17H18F3N5O8S. The van der Waals surface area contributed by atoms with Crippen molar-refractivity contribution in [2.45, 2.75) is 18.0 Å². The highest BCUT2D eigenvalue weighted by Gasteiger charge is 2.30. The molecule has 0 saturated heterocycles. The predicted molar refractivity (Wildman–Crippen MR) is 106 cm³/mol. The lowest BCUT2D eigenvalue weighted by Crippen LogP contribution is -2.35. The van der Waals surface area contributed by atoms with Crippen LogP contribution < -0.4 is 24.2 Å². The summed E-state index contributed by atoms with van der Waals surface area (Å²) in [6.07, 6.45) is -4.70. The van der Waals surface area contributed by atoms with Gasteiger partial charge in [-0.2, -0.15) is 23.1 Å². The first-order valence-corrected chi connectivity index (χ1v) is 10.6. The molecule has 186 valence electrons. The van der Waals surface area contributed by atoms with Crippen LogP contribution in [0.25, 0.3) is 0 Å². The molecule has 0 aliphatic carbocycles. The van der Waals surface area contributed by atoms with Crippen molar-refractivity contribution in [3.8, 4) is 17.8 Å². The molecule has 1 heterocycles. The topological polar surface area (TPSA) is 168 Å². The number of amides is 2. The van der Waals surface area contributed by atoms with Crippen molar-refractivity contribution in [2.24, 2.45) is 0 Å². The third-order valence-corrected chi connectivity index (χ3v) is 4.92. The number of nitrogens with one attached hydrogen (secondary N) is 2. The molecule has 0 atom stereocenters. The molecule has 13 nitrogen and oxygen atoms in total. The van der Waals surface area contributed by atoms with Crippen LogP contribution in [-0.2, 0) is 14.8 Å². The molecule has 0 unspecified atom stereocenters. The average Bonchev–Trinajstić information content (AvgIpc) is 2.76. The lowest BCUT2D eigenvalue weighted by Gasteiger charge is -2.14. The molecule has 0 aliphatic heterocycles. The van der Waals surface area contributed by atoms with E-state index in [1.165, 1.54) is 21.1 Å². The summed E-state index contributed by atoms with van der Waals surface area (Å²) < 4.78 is 83.4. The SMILES string of the molecule is CCOC(=O)c1ccc(OCC(F)(F)F)cc1S(=O)(=O)NC(=O)Nc1nc(OC)nc(OC)n1. The Bertz CT molecular complexity index is 1140. The number of halogens is 3. The lowest BCUT2D eigenvalue weighted by atomic mass is 10.2. The fourth-order valence-electron chi connectivity index (χ4n) is 2.24. The van der Waals surface area contributed by atoms with Gasteiger partial charge < -0.3 is 18.9 Å². The van der Waals surface area contributed by atoms with Crippen LogP contribution in [0, 0.1) is 0 Å². The monoisotopic (exact) mass is 509 g/mol. The Labute approximate surface area is 190 Å². The van der Waals surface area contributed by atoms with E-state index in [4.69, 9.17) is 14.2 Å². The summed E-state index contributed by atoms with van der Waals surface area (Å²) in [5.74, 6) is -2.08. The Morgan fingerprint density at radius 3 is 2.21 bits per heavy atom. The number of sulfonamides is 1. The second-order valence-corrected chi connectivity index (χ2v) is 7.63. The first-order valence-electron chi connectivity index (χ1n) is 9.07. The fourth-order valence-corrected chi connectivity index (χ4v) is 3.36. The van der Waals surface area contributed by atoms with Gasteiger partial charge >= 0.3 is 30.2 Å². The van der Waals surface area contributed by atoms with E-state index in [1.807, 2.05) is 5.32 Å². The number of benzene rings is 1. The van der Waals surface area contributed by atoms with E-state index in [9.17, 15) is 31.2 Å². The van der Waals surface area contributed by atoms with Gasteiger partial charge in [-0.05, 0) is 19.1 Å². The fraction of sp³-hybridized carbons (Fsp3) is 0.353. The van der Waals surface area contributed by atoms with E-state index in [1.54, 1.807) is 4.72 Å². The number of alkyl halides is 3. The summed E-state index contributed by atoms with van der Waals surface area (Å²) in [5.41, 5.74) is -0.551. The lowest BCUT2D eigenvalue weighted by molar-refractivity contribution is -0.153. The molecule has 0 bridgehead atoms. The minimum absolute atomic E-state index is 0.123. The number of urea groups is 1. The van der Waals surface area contributed by atoms with E-state index in [0.717, 1.165) is 12.1 Å². The van der Waals surface area contributed by atoms with Crippen LogP contribution >= 0.6 is 0 Å². The summed E-state index contributed by atoms with van der Waals surface area (Å²) in [5, 5.41) is 2.00. The third kappa shape index (κ3) is 7.32. The van der Waals surface area contributed by atoms with Crippen molar-refractivity contribution in [2.75, 3.05) is 32.8 Å². The van der Waals surface area contributed by atoms with Gasteiger partial charge in [-0.1, -0.05) is 0 Å². The van der Waals surface area contributed by atoms with Crippen LogP contribution in [0.5, 0.6) is 17.8 Å². The zero-order valence-electron chi connectivity index (χ0n) is 17.8. The van der Waals surface area contributed by atoms with E-state index >= 15 is 0 Å². The van der Waals surface area contributed by atoms with Gasteiger partial charge in [-0.25, -0.2) is 22.7 Å². The van der Waals surface area contributed by atoms with E-state index in [2.05, 4.69) is 19.7 Å². The maximum absolute atomic E-state index is 12.8. The van der Waals surface area contributed by atoms with Gasteiger partial charge in [0.05, 0.1) is 26.4 Å². The Hall–Kier alpha value is -3.89. The van der Waals surface area contributed by atoms with Crippen LogP contribution in [0.2, 0.25) is 0 Å². The van der Waals surface area contributed by atoms with Gasteiger partial charge in [0.2, 0.25) is 5.95 Å². The molecule has 1 aromatic carbocycles. The largest absolute Gasteiger partial charge is 0.484 e. The van der Waals surface area contributed by atoms with Crippen LogP contribution in [0.3, 0.4) is 0 Å². The van der Waals surface area contributed by atoms with Crippen molar-refractivity contribution in [3.63, 3.8) is 0 Å². The molecule has 2 aromatic rings. The molecule has 0 aliphatic rings. The maximum Gasteiger partial charge on any atom is 0.422 e. The second kappa shape index (κ2) is 10.8. The highest BCUT2D eigenvalue weighted by molar-refractivity contribution is 7.90. The Kier molecular flexibility index (Phi) is 8.39. The Morgan fingerprint density at radius 1 is 1.06 bits per heavy atom. The van der Waals surface area contributed by atoms with Gasteiger partial charge in [0.15, 0.2) is 6.61 Å². The van der Waals surface area contributed by atoms with E-state index in [-0.39, 0.29) is 18.6 Å². The van der Waals surface area contributed by atoms with Gasteiger partial charge in [-0.15, -0.1) is 4.98 Å². The zero-order chi connectivity index (χ0) is 25.5. The molecule has 0 fully saturated rings. The standard InChI is InChI=1S/C17H18F3N5O8S/c1-4-32-12(26)10-6-5-9(33-8-17(18,19)20)7-11(10)34(28,29)25-14(27)21-13-22-15(30-2)24-16(23-13)31-3/h5-7H,4,8H2,1-3H3,(H2,21,22,23,24,25,27). The highest BCUT2D eigenvalue weighted by atomic mass is 32.2. The van der Waals surface area contributed by atoms with Crippen molar-refractivity contribution >= 4 is 28.0 Å². The Balaban J connectivity index is 2.35. The van der Waals surface area contributed by atoms with Gasteiger partial charge in [0.1, 0.15) is 10.6 Å². The van der Waals surface area contributed by atoms with Crippen molar-refractivity contribution in [1.82, 2.24) is 19.7 Å². The molecule has 1 aromatic heterocycles. The van der Waals surface area contributed by atoms with Crippen LogP contribution in [0.15, 0.2) is 23.1 Å². The number of carbonyl (C=O) groups is 2. The molecule has 0 spiro atoms. The molecular weight excluding hydrogens is 491 g/mol. The number of esters is 1. The van der Waals surface area contributed by atoms with Crippen molar-refractivity contribution in [3.05, 3.63) is 23.8 Å². The molecule has 0 saturated carbocycles. The van der Waals surface area contributed by atoms with Gasteiger partial charge in [0, 0.05) is 6.07 Å². The van der Waals surface area contributed by atoms with E-state index < -0.39 is 57.0 Å². The van der Waals surface area contributed by atoms with Gasteiger partial charge in [0.25, 0.3) is 10.0 Å². The average molecular weight is 509 g/mol. The second-order valence-electron chi connectivity index (χ2n) is 5.97. The number of aromatic nitrogens is 3. The van der Waals surface area contributed by atoms with Crippen LogP contribution in [0.4, 0.5) is 23.9 Å². The molecule has 2 amide bonds. The first kappa shape index (κ1) is 26.4. The third-order valence-electron chi connectivity index (χ3n) is 3.55. The van der Waals surface area contributed by atoms with Crippen molar-refractivity contribution in [1.29, 1.82) is 0 Å². The Morgan fingerprint density at radius 2 is 1.68 bits per heavy atom. The molecule has 34 heavy (non-hydrogen) atoms. The minimum Gasteiger partial charge on any atom is -0.484 e. The van der Waals surface area contributed by atoms with Crippen LogP contribution in [-0.4, -0.2) is 69.0 Å². The number of carbonyl (C=O) groups excluding carboxylic acids is 2. The zero-order valence-corrected chi connectivity index (χ0v) is 18.6. The van der Waals surface area contributed by atoms with Gasteiger partial charge in [-0.3, -0.25) is 5.32 Å². The molecule has 2 rings (SSSR count). The minimum atomic E-state index is -4.84. The number of anilines is 1. The normalized spacial score (nSPS) is 11.4. The van der Waals surface area contributed by atoms with Crippen molar-refractivity contribution < 1.29 is 50.1 Å². The summed E-state index contributed by atoms with van der Waals surface area (Å²) in [7, 11) is -2.41. The number of hydrogen-bond acceptors (Lipinski definition) is 11. The summed E-state index contributed by atoms with van der Waals surface area (Å²) in [4.78, 5) is 34.6. The molecule has 0 radical (unpaired) electrons. The highest BCUT2D eigenvalue weighted by Crippen LogP contribution is 2.25. The smallest absolute Gasteiger partial charge is 0.422 e. The number of rotatable bonds is 9.